The molecule has 0 aliphatic carbocycles. The fourth-order valence-corrected chi connectivity index (χ4v) is 1.37. The average molecular weight is 247 g/mol. The highest BCUT2D eigenvalue weighted by atomic mass is 16.4. The molecule has 0 bridgehead atoms. The van der Waals surface area contributed by atoms with E-state index >= 15 is 0 Å². The summed E-state index contributed by atoms with van der Waals surface area (Å²) in [5.41, 5.74) is 0.334. The quantitative estimate of drug-likeness (QED) is 0.801. The molecule has 0 aliphatic rings. The second kappa shape index (κ2) is 6.35. The number of hydrogen-bond acceptors (Lipinski definition) is 4. The summed E-state index contributed by atoms with van der Waals surface area (Å²) in [6.45, 7) is 1.61. The Morgan fingerprint density at radius 1 is 1.50 bits per heavy atom. The van der Waals surface area contributed by atoms with Gasteiger partial charge in [0.25, 0.3) is 5.91 Å². The van der Waals surface area contributed by atoms with Crippen molar-refractivity contribution >= 4 is 11.9 Å². The molecule has 2 atom stereocenters. The van der Waals surface area contributed by atoms with Crippen LogP contribution in [-0.4, -0.2) is 28.0 Å². The number of carbonyl (C=O) groups is 2. The number of hydrogen-bond donors (Lipinski definition) is 2. The lowest BCUT2D eigenvalue weighted by Gasteiger charge is -2.15. The van der Waals surface area contributed by atoms with Crippen LogP contribution in [0.3, 0.4) is 0 Å². The minimum absolute atomic E-state index is 0.0721. The molecule has 6 nitrogen and oxygen atoms in total. The van der Waals surface area contributed by atoms with Gasteiger partial charge in [0.1, 0.15) is 6.04 Å². The van der Waals surface area contributed by atoms with Gasteiger partial charge in [-0.25, -0.2) is 4.79 Å². The molecule has 6 heteroatoms. The molecule has 1 rings (SSSR count). The van der Waals surface area contributed by atoms with Crippen molar-refractivity contribution in [1.82, 2.24) is 10.3 Å². The monoisotopic (exact) mass is 247 g/mol. The van der Waals surface area contributed by atoms with Crippen LogP contribution in [0.5, 0.6) is 0 Å². The van der Waals surface area contributed by atoms with Gasteiger partial charge in [-0.3, -0.25) is 9.78 Å². The molecule has 0 aliphatic heterocycles. The van der Waals surface area contributed by atoms with Gasteiger partial charge in [0.05, 0.1) is 6.07 Å². The second-order valence-corrected chi connectivity index (χ2v) is 3.87. The van der Waals surface area contributed by atoms with Gasteiger partial charge in [-0.05, 0) is 25.5 Å². The van der Waals surface area contributed by atoms with Gasteiger partial charge in [-0.15, -0.1) is 0 Å². The number of nitriles is 1. The molecule has 1 heterocycles. The van der Waals surface area contributed by atoms with Crippen molar-refractivity contribution in [1.29, 1.82) is 5.26 Å². The number of carbonyl (C=O) groups excluding carboxylic acids is 1. The molecule has 0 fully saturated rings. The first kappa shape index (κ1) is 13.6. The summed E-state index contributed by atoms with van der Waals surface area (Å²) in [4.78, 5) is 26.5. The molecule has 18 heavy (non-hydrogen) atoms. The predicted molar refractivity (Wildman–Crippen MR) is 62.5 cm³/mol. The molecule has 94 valence electrons. The maximum Gasteiger partial charge on any atom is 0.326 e. The van der Waals surface area contributed by atoms with Gasteiger partial charge in [-0.1, -0.05) is 0 Å². The molecule has 1 amide bonds. The van der Waals surface area contributed by atoms with E-state index in [1.54, 1.807) is 6.92 Å². The van der Waals surface area contributed by atoms with Crippen LogP contribution in [-0.2, 0) is 4.79 Å². The van der Waals surface area contributed by atoms with E-state index in [9.17, 15) is 9.59 Å². The summed E-state index contributed by atoms with van der Waals surface area (Å²) in [6.07, 6.45) is 2.97. The van der Waals surface area contributed by atoms with Crippen molar-refractivity contribution < 1.29 is 14.7 Å². The van der Waals surface area contributed by atoms with Crippen LogP contribution >= 0.6 is 0 Å². The Hall–Kier alpha value is -2.42. The van der Waals surface area contributed by atoms with Gasteiger partial charge in [-0.2, -0.15) is 5.26 Å². The molecule has 2 N–H and O–H groups in total. The Morgan fingerprint density at radius 2 is 2.11 bits per heavy atom. The van der Waals surface area contributed by atoms with Crippen molar-refractivity contribution in [2.45, 2.75) is 19.4 Å². The van der Waals surface area contributed by atoms with E-state index in [1.165, 1.54) is 24.5 Å². The molecule has 0 spiro atoms. The maximum atomic E-state index is 11.7. The fraction of sp³-hybridized carbons (Fsp3) is 0.333. The van der Waals surface area contributed by atoms with Crippen molar-refractivity contribution in [2.24, 2.45) is 5.92 Å². The Kier molecular flexibility index (Phi) is 4.81. The van der Waals surface area contributed by atoms with Crippen LogP contribution in [0.1, 0.15) is 23.7 Å². The standard InChI is InChI=1S/C12H13N3O3/c1-8(7-13)6-10(12(17)18)15-11(16)9-2-4-14-5-3-9/h2-5,8,10H,6H2,1H3,(H,15,16)(H,17,18)/t8-,10+/m0/s1. The van der Waals surface area contributed by atoms with Crippen LogP contribution in [0.2, 0.25) is 0 Å². The summed E-state index contributed by atoms with van der Waals surface area (Å²) in [5, 5.41) is 20.0. The van der Waals surface area contributed by atoms with E-state index in [1.807, 2.05) is 6.07 Å². The van der Waals surface area contributed by atoms with Crippen molar-refractivity contribution in [3.8, 4) is 6.07 Å². The number of aliphatic carboxylic acids is 1. The smallest absolute Gasteiger partial charge is 0.326 e. The first-order valence-electron chi connectivity index (χ1n) is 5.38. The molecule has 0 aromatic carbocycles. The third kappa shape index (κ3) is 3.87. The van der Waals surface area contributed by atoms with Gasteiger partial charge >= 0.3 is 5.97 Å². The number of nitrogens with zero attached hydrogens (tertiary/aromatic N) is 2. The second-order valence-electron chi connectivity index (χ2n) is 3.87. The van der Waals surface area contributed by atoms with E-state index in [-0.39, 0.29) is 6.42 Å². The van der Waals surface area contributed by atoms with Crippen LogP contribution in [0.4, 0.5) is 0 Å². The highest BCUT2D eigenvalue weighted by Crippen LogP contribution is 2.06. The molecule has 0 unspecified atom stereocenters. The highest BCUT2D eigenvalue weighted by Gasteiger charge is 2.22. The first-order chi connectivity index (χ1) is 8.54. The van der Waals surface area contributed by atoms with Crippen LogP contribution in [0.25, 0.3) is 0 Å². The minimum atomic E-state index is -1.15. The van der Waals surface area contributed by atoms with E-state index in [0.29, 0.717) is 5.56 Å². The predicted octanol–water partition coefficient (Wildman–Crippen LogP) is 0.814. The number of nitrogens with one attached hydrogen (secondary N) is 1. The largest absolute Gasteiger partial charge is 0.480 e. The van der Waals surface area contributed by atoms with Crippen molar-refractivity contribution in [3.05, 3.63) is 30.1 Å². The van der Waals surface area contributed by atoms with E-state index in [4.69, 9.17) is 10.4 Å². The van der Waals surface area contributed by atoms with Gasteiger partial charge in [0.15, 0.2) is 0 Å². The summed E-state index contributed by atoms with van der Waals surface area (Å²) >= 11 is 0. The Morgan fingerprint density at radius 3 is 2.61 bits per heavy atom. The molecule has 1 aromatic rings. The molecule has 0 radical (unpaired) electrons. The summed E-state index contributed by atoms with van der Waals surface area (Å²) in [7, 11) is 0. The zero-order chi connectivity index (χ0) is 13.5. The molecular weight excluding hydrogens is 234 g/mol. The van der Waals surface area contributed by atoms with Crippen LogP contribution in [0, 0.1) is 17.2 Å². The number of rotatable bonds is 5. The lowest BCUT2D eigenvalue weighted by atomic mass is 10.0. The average Bonchev–Trinajstić information content (AvgIpc) is 2.38. The van der Waals surface area contributed by atoms with Crippen LogP contribution < -0.4 is 5.32 Å². The highest BCUT2D eigenvalue weighted by molar-refractivity contribution is 5.96. The van der Waals surface area contributed by atoms with Gasteiger partial charge < -0.3 is 10.4 Å². The van der Waals surface area contributed by atoms with Crippen molar-refractivity contribution in [2.75, 3.05) is 0 Å². The lowest BCUT2D eigenvalue weighted by Crippen LogP contribution is -2.41. The SMILES string of the molecule is C[C@H](C#N)C[C@@H](NC(=O)c1ccncc1)C(=O)O. The first-order valence-corrected chi connectivity index (χ1v) is 5.38. The topological polar surface area (TPSA) is 103 Å². The number of aromatic nitrogens is 1. The summed E-state index contributed by atoms with van der Waals surface area (Å²) in [5.74, 6) is -2.08. The Balaban J connectivity index is 2.71. The zero-order valence-corrected chi connectivity index (χ0v) is 9.83. The molecule has 0 saturated heterocycles. The summed E-state index contributed by atoms with van der Waals surface area (Å²) in [6, 6.07) is 3.85. The Labute approximate surface area is 104 Å². The third-order valence-corrected chi connectivity index (χ3v) is 2.36. The van der Waals surface area contributed by atoms with E-state index < -0.39 is 23.8 Å². The van der Waals surface area contributed by atoms with E-state index in [0.717, 1.165) is 0 Å². The lowest BCUT2D eigenvalue weighted by molar-refractivity contribution is -0.139. The van der Waals surface area contributed by atoms with E-state index in [2.05, 4.69) is 10.3 Å². The maximum absolute atomic E-state index is 11.7. The number of amides is 1. The third-order valence-electron chi connectivity index (χ3n) is 2.36. The fourth-order valence-electron chi connectivity index (χ4n) is 1.37. The van der Waals surface area contributed by atoms with Crippen LogP contribution in [0.15, 0.2) is 24.5 Å². The number of carboxylic acids is 1. The number of pyridine rings is 1. The van der Waals surface area contributed by atoms with Gasteiger partial charge in [0, 0.05) is 23.9 Å². The molecular formula is C12H13N3O3. The number of carboxylic acid groups (broad SMARTS) is 1. The van der Waals surface area contributed by atoms with Crippen molar-refractivity contribution in [3.63, 3.8) is 0 Å². The molecule has 1 aromatic heterocycles. The Bertz CT molecular complexity index is 467. The van der Waals surface area contributed by atoms with Gasteiger partial charge in [0.2, 0.25) is 0 Å². The minimum Gasteiger partial charge on any atom is -0.480 e. The molecule has 0 saturated carbocycles. The normalized spacial score (nSPS) is 13.1. The summed E-state index contributed by atoms with van der Waals surface area (Å²) < 4.78 is 0. The zero-order valence-electron chi connectivity index (χ0n) is 9.83.